The summed E-state index contributed by atoms with van der Waals surface area (Å²) in [7, 11) is -20.9. The third kappa shape index (κ3) is 11.5. The van der Waals surface area contributed by atoms with Crippen LogP contribution in [0.25, 0.3) is 33.5 Å². The zero-order valence-electron chi connectivity index (χ0n) is 39.7. The number of aryl methyl sites for hydroxylation is 1. The molecule has 9 heterocycles. The van der Waals surface area contributed by atoms with E-state index in [1.165, 1.54) is 27.1 Å². The normalized spacial score (nSPS) is 29.7. The van der Waals surface area contributed by atoms with Crippen molar-refractivity contribution in [1.82, 2.24) is 58.9 Å². The molecule has 0 aliphatic carbocycles. The number of nitrogen functional groups attached to an aromatic ring is 3. The van der Waals surface area contributed by atoms with Crippen LogP contribution in [0.4, 0.5) is 17.7 Å². The third-order valence-corrected chi connectivity index (χ3v) is 17.4. The molecule has 1 amide bonds. The average molecular weight is 1190 g/mol. The number of fused-ring (bicyclic) bond motifs is 3. The van der Waals surface area contributed by atoms with Crippen molar-refractivity contribution >= 4 is 88.9 Å². The topological polar surface area (TPSA) is 571 Å². The van der Waals surface area contributed by atoms with Gasteiger partial charge >= 0.3 is 36.9 Å². The molecule has 40 nitrogen and oxygen atoms in total. The molecule has 0 spiro atoms. The van der Waals surface area contributed by atoms with Crippen molar-refractivity contribution in [1.29, 1.82) is 0 Å². The number of methoxy groups -OCH3 is 1. The fourth-order valence-corrected chi connectivity index (χ4v) is 13.3. The first kappa shape index (κ1) is 57.1. The number of anilines is 3. The number of H-pyrrole nitrogens is 2. The second-order valence-corrected chi connectivity index (χ2v) is 23.2. The number of phosphoric acid groups is 4. The Morgan fingerprint density at radius 1 is 0.731 bits per heavy atom. The number of carbonyl (C=O) groups excluding carboxylic acids is 1. The van der Waals surface area contributed by atoms with Gasteiger partial charge in [0.25, 0.3) is 17.1 Å². The lowest BCUT2D eigenvalue weighted by molar-refractivity contribution is -0.745. The first-order valence-corrected chi connectivity index (χ1v) is 28.2. The second-order valence-electron chi connectivity index (χ2n) is 17.2. The minimum Gasteiger partial charge on any atom is -0.387 e. The van der Waals surface area contributed by atoms with Gasteiger partial charge in [-0.15, -0.1) is 0 Å². The minimum atomic E-state index is -6.22. The monoisotopic (exact) mass is 1190 g/mol. The molecule has 0 saturated carbocycles. The van der Waals surface area contributed by atoms with Gasteiger partial charge in [0.15, 0.2) is 41.4 Å². The molecule has 0 bridgehead atoms. The number of aliphatic hydroxyl groups is 3. The molecule has 3 saturated heterocycles. The van der Waals surface area contributed by atoms with E-state index in [0.717, 1.165) is 30.7 Å². The second kappa shape index (κ2) is 21.8. The van der Waals surface area contributed by atoms with Crippen LogP contribution in [-0.2, 0) is 75.8 Å². The van der Waals surface area contributed by atoms with Gasteiger partial charge < -0.3 is 76.4 Å². The first-order chi connectivity index (χ1) is 36.7. The van der Waals surface area contributed by atoms with Gasteiger partial charge in [-0.2, -0.15) is 13.6 Å². The Kier molecular flexibility index (Phi) is 15.9. The first-order valence-electron chi connectivity index (χ1n) is 22.2. The Morgan fingerprint density at radius 2 is 1.33 bits per heavy atom. The molecule has 0 radical (unpaired) electrons. The van der Waals surface area contributed by atoms with Gasteiger partial charge in [0, 0.05) is 19.6 Å². The number of phosphoric ester groups is 3. The fraction of sp³-hybridized carbons (Fsp3) is 0.529. The molecule has 44 heteroatoms. The molecule has 0 aromatic carbocycles. The quantitative estimate of drug-likeness (QED) is 0.0173. The minimum absolute atomic E-state index is 0.00277. The molecular weight excluding hydrogens is 1140 g/mol. The summed E-state index contributed by atoms with van der Waals surface area (Å²) in [5.41, 5.74) is 15.6. The maximum Gasteiger partial charge on any atom is 0.490 e. The van der Waals surface area contributed by atoms with Crippen molar-refractivity contribution < 1.29 is 108 Å². The number of aromatic nitrogens is 12. The van der Waals surface area contributed by atoms with Gasteiger partial charge in [-0.05, 0) is 0 Å². The summed E-state index contributed by atoms with van der Waals surface area (Å²) < 4.78 is 110. The van der Waals surface area contributed by atoms with Crippen LogP contribution < -0.4 is 38.2 Å². The van der Waals surface area contributed by atoms with E-state index in [2.05, 4.69) is 53.8 Å². The summed E-state index contributed by atoms with van der Waals surface area (Å²) in [4.78, 5) is 108. The standard InChI is InChI=1S/C34H46N16O24P4/c1-47-11-50(27-18(47)29(56)46-34(37)44-27)30-19(52)12(3-38-10-51)13(69-30)4-67-76(59,60)73-78(63,64)74-77(61,62)68-6-15-22(23(65-2)32(71-15)48-8-41-16-24(35)39-7-40-25(16)48)72-75(57,58)66-5-14-20(53)21(54)31(70-14)49-9-42-17-26(49)43-33(36)45-28(17)55/h7-15,19-23,30-32,52-54H,3-6H2,1-2H3,(H12-,35,36,37,38,39,40,43,44,45,46,51,55,56,57,58,59,60,61,62,63,64)/p+1/t12-,13-,14-,15-,19-,20-,21-,22-,23-,30-,31-,32-/m1/s1. The molecule has 9 rings (SSSR count). The number of aromatic amines is 2. The summed E-state index contributed by atoms with van der Waals surface area (Å²) in [6.07, 6.45) is -13.0. The highest BCUT2D eigenvalue weighted by Gasteiger charge is 2.54. The number of carbonyl (C=O) groups is 1. The Hall–Kier alpha value is -5.64. The molecule has 78 heavy (non-hydrogen) atoms. The summed E-state index contributed by atoms with van der Waals surface area (Å²) in [5.74, 6) is -1.86. The maximum atomic E-state index is 13.7. The van der Waals surface area contributed by atoms with E-state index in [0.29, 0.717) is 0 Å². The van der Waals surface area contributed by atoms with Crippen molar-refractivity contribution in [2.45, 2.75) is 67.5 Å². The fourth-order valence-electron chi connectivity index (χ4n) is 8.81. The highest BCUT2D eigenvalue weighted by Crippen LogP contribution is 2.68. The highest BCUT2D eigenvalue weighted by molar-refractivity contribution is 7.66. The molecule has 16 N–H and O–H groups in total. The van der Waals surface area contributed by atoms with Crippen LogP contribution in [0.2, 0.25) is 0 Å². The van der Waals surface area contributed by atoms with Crippen LogP contribution in [-0.4, -0.2) is 177 Å². The van der Waals surface area contributed by atoms with Gasteiger partial charge in [-0.25, -0.2) is 42.8 Å². The predicted octanol–water partition coefficient (Wildman–Crippen LogP) is -4.71. The van der Waals surface area contributed by atoms with E-state index in [-0.39, 0.29) is 64.2 Å². The Morgan fingerprint density at radius 3 is 2.01 bits per heavy atom. The van der Waals surface area contributed by atoms with Crippen LogP contribution in [0.3, 0.4) is 0 Å². The van der Waals surface area contributed by atoms with E-state index in [4.69, 9.17) is 54.2 Å². The Labute approximate surface area is 432 Å². The maximum absolute atomic E-state index is 13.7. The number of nitrogens with one attached hydrogen (secondary N) is 3. The number of ether oxygens (including phenoxy) is 4. The average Bonchev–Trinajstić information content (AvgIpc) is 4.28. The molecule has 3 fully saturated rings. The molecular formula is C34H47N16O24P4+. The van der Waals surface area contributed by atoms with Crippen molar-refractivity contribution in [3.8, 4) is 0 Å². The van der Waals surface area contributed by atoms with E-state index in [1.807, 2.05) is 0 Å². The van der Waals surface area contributed by atoms with Crippen LogP contribution in [0, 0.1) is 5.92 Å². The number of amides is 1. The van der Waals surface area contributed by atoms with Gasteiger partial charge in [0.1, 0.15) is 54.6 Å². The van der Waals surface area contributed by atoms with Crippen LogP contribution >= 0.6 is 31.3 Å². The van der Waals surface area contributed by atoms with Gasteiger partial charge in [0.2, 0.25) is 24.1 Å². The lowest BCUT2D eigenvalue weighted by Crippen LogP contribution is -2.46. The number of nitrogens with zero attached hydrogens (tertiary/aromatic N) is 10. The largest absolute Gasteiger partial charge is 0.490 e. The van der Waals surface area contributed by atoms with Crippen molar-refractivity contribution in [2.75, 3.05) is 50.7 Å². The van der Waals surface area contributed by atoms with E-state index in [9.17, 15) is 67.5 Å². The van der Waals surface area contributed by atoms with Crippen molar-refractivity contribution in [3.05, 3.63) is 46.0 Å². The van der Waals surface area contributed by atoms with Crippen LogP contribution in [0.1, 0.15) is 18.7 Å². The van der Waals surface area contributed by atoms with Crippen molar-refractivity contribution in [3.63, 3.8) is 0 Å². The number of nitrogens with two attached hydrogens (primary N) is 3. The number of imidazole rings is 3. The predicted molar refractivity (Wildman–Crippen MR) is 251 cm³/mol. The van der Waals surface area contributed by atoms with Crippen molar-refractivity contribution in [2.24, 2.45) is 13.0 Å². The van der Waals surface area contributed by atoms with Gasteiger partial charge in [0.05, 0.1) is 45.6 Å². The zero-order valence-corrected chi connectivity index (χ0v) is 43.3. The molecule has 6 aromatic heterocycles. The van der Waals surface area contributed by atoms with E-state index < -0.39 is 136 Å². The Balaban J connectivity index is 0.872. The van der Waals surface area contributed by atoms with Gasteiger partial charge in [-0.1, -0.05) is 4.98 Å². The number of aliphatic hydroxyl groups excluding tert-OH is 3. The zero-order chi connectivity index (χ0) is 56.4. The summed E-state index contributed by atoms with van der Waals surface area (Å²) in [6, 6.07) is 0. The Bertz CT molecular complexity index is 3560. The molecule has 6 aromatic rings. The third-order valence-electron chi connectivity index (χ3n) is 12.2. The van der Waals surface area contributed by atoms with E-state index in [1.54, 1.807) is 0 Å². The lowest BCUT2D eigenvalue weighted by atomic mass is 9.98. The van der Waals surface area contributed by atoms with Crippen LogP contribution in [0.5, 0.6) is 0 Å². The highest BCUT2D eigenvalue weighted by atomic mass is 31.3. The summed E-state index contributed by atoms with van der Waals surface area (Å²) >= 11 is 0. The molecule has 3 aliphatic heterocycles. The smallest absolute Gasteiger partial charge is 0.387 e. The summed E-state index contributed by atoms with van der Waals surface area (Å²) in [5, 5.41) is 35.4. The summed E-state index contributed by atoms with van der Waals surface area (Å²) in [6.45, 7) is -3.63. The molecule has 16 atom stereocenters. The number of hydrogen-bond acceptors (Lipinski definition) is 29. The molecule has 4 unspecified atom stereocenters. The number of rotatable bonds is 22. The SMILES string of the molecule is CO[C@@H]1[C@H](OP(=O)(O)OC[C@H]2O[C@@H](n3cnc4c(=O)[nH]c(N)nc43)[C@H](O)[C@@H]2O)[C@@H](COP(=O)(O)OP(=O)(O)OP(=O)(O)OC[C@H]2O[C@@H]([n+]3cn(C)c4c(=O)[nH]c(N)nc43)[C@H](O)[C@@H]2CNC=O)O[C@H]1n1cnc2c(N)ncnc21. The lowest BCUT2D eigenvalue weighted by Gasteiger charge is -2.26. The van der Waals surface area contributed by atoms with Crippen LogP contribution in [0.15, 0.2) is 34.9 Å². The molecule has 3 aliphatic rings. The number of hydrogen-bond donors (Lipinski definition) is 13. The van der Waals surface area contributed by atoms with Gasteiger partial charge in [-0.3, -0.25) is 56.1 Å². The molecule has 426 valence electrons. The van der Waals surface area contributed by atoms with E-state index >= 15 is 0 Å².